The maximum atomic E-state index is 12.2. The molecule has 1 aromatic heterocycles. The quantitative estimate of drug-likeness (QED) is 0.712. The third kappa shape index (κ3) is 3.92. The second kappa shape index (κ2) is 7.16. The van der Waals surface area contributed by atoms with Gasteiger partial charge in [-0.1, -0.05) is 18.2 Å². The minimum Gasteiger partial charge on any atom is -0.480 e. The number of para-hydroxylation sites is 1. The van der Waals surface area contributed by atoms with E-state index in [1.807, 2.05) is 24.3 Å². The molecule has 1 aliphatic rings. The molecule has 3 rings (SSSR count). The van der Waals surface area contributed by atoms with Crippen LogP contribution in [-0.4, -0.2) is 35.1 Å². The molecule has 0 fully saturated rings. The third-order valence-electron chi connectivity index (χ3n) is 3.80. The van der Waals surface area contributed by atoms with Crippen LogP contribution in [0.15, 0.2) is 35.1 Å². The molecule has 24 heavy (non-hydrogen) atoms. The maximum Gasteiger partial charge on any atom is 0.261 e. The average Bonchev–Trinajstić information content (AvgIpc) is 2.57. The van der Waals surface area contributed by atoms with Crippen molar-refractivity contribution < 1.29 is 9.53 Å². The molecule has 1 aliphatic heterocycles. The minimum atomic E-state index is -0.461. The zero-order valence-electron chi connectivity index (χ0n) is 13.5. The number of fused-ring (bicyclic) bond motifs is 1. The standard InChI is InChI=1S/C17H20N4O3/c1-11-10-15(22)21-17(20-11)19-9-8-18-16(23)14-7-6-12-4-2-3-5-13(12)24-14/h2-5,10,14H,6-9H2,1H3,(H,18,23)(H2,19,20,21,22)/t14-/m0/s1. The Balaban J connectivity index is 1.45. The lowest BCUT2D eigenvalue weighted by Crippen LogP contribution is -2.42. The van der Waals surface area contributed by atoms with Crippen molar-refractivity contribution in [2.24, 2.45) is 0 Å². The summed E-state index contributed by atoms with van der Waals surface area (Å²) in [7, 11) is 0. The number of carbonyl (C=O) groups is 1. The minimum absolute atomic E-state index is 0.128. The molecule has 7 heteroatoms. The van der Waals surface area contributed by atoms with Crippen molar-refractivity contribution in [3.63, 3.8) is 0 Å². The molecule has 1 aromatic carbocycles. The molecule has 0 radical (unpaired) electrons. The smallest absolute Gasteiger partial charge is 0.261 e. The number of H-pyrrole nitrogens is 1. The van der Waals surface area contributed by atoms with Gasteiger partial charge in [0.2, 0.25) is 5.95 Å². The van der Waals surface area contributed by atoms with Crippen molar-refractivity contribution in [3.8, 4) is 5.75 Å². The molecule has 0 saturated carbocycles. The van der Waals surface area contributed by atoms with E-state index in [4.69, 9.17) is 4.74 Å². The summed E-state index contributed by atoms with van der Waals surface area (Å²) >= 11 is 0. The Morgan fingerprint density at radius 3 is 3.04 bits per heavy atom. The Labute approximate surface area is 139 Å². The molecule has 7 nitrogen and oxygen atoms in total. The van der Waals surface area contributed by atoms with Crippen LogP contribution in [0.4, 0.5) is 5.95 Å². The average molecular weight is 328 g/mol. The molecule has 2 aromatic rings. The normalized spacial score (nSPS) is 16.0. The van der Waals surface area contributed by atoms with Gasteiger partial charge in [-0.05, 0) is 31.4 Å². The molecule has 1 atom stereocenters. The van der Waals surface area contributed by atoms with E-state index >= 15 is 0 Å². The summed E-state index contributed by atoms with van der Waals surface area (Å²) in [5.41, 5.74) is 1.57. The summed E-state index contributed by atoms with van der Waals surface area (Å²) in [6.07, 6.45) is 1.04. The van der Waals surface area contributed by atoms with Crippen LogP contribution in [-0.2, 0) is 11.2 Å². The van der Waals surface area contributed by atoms with E-state index < -0.39 is 6.10 Å². The van der Waals surface area contributed by atoms with Gasteiger partial charge in [0, 0.05) is 24.8 Å². The summed E-state index contributed by atoms with van der Waals surface area (Å²) in [6, 6.07) is 9.20. The van der Waals surface area contributed by atoms with Gasteiger partial charge in [0.15, 0.2) is 6.10 Å². The van der Waals surface area contributed by atoms with Gasteiger partial charge in [-0.2, -0.15) is 0 Å². The van der Waals surface area contributed by atoms with Crippen LogP contribution in [0.25, 0.3) is 0 Å². The number of carbonyl (C=O) groups excluding carboxylic acids is 1. The van der Waals surface area contributed by atoms with Gasteiger partial charge in [-0.25, -0.2) is 4.98 Å². The molecule has 126 valence electrons. The predicted octanol–water partition coefficient (Wildman–Crippen LogP) is 1.00. The molecular weight excluding hydrogens is 308 g/mol. The number of hydrogen-bond donors (Lipinski definition) is 3. The van der Waals surface area contributed by atoms with Crippen LogP contribution in [0.1, 0.15) is 17.7 Å². The number of nitrogens with zero attached hydrogens (tertiary/aromatic N) is 1. The first kappa shape index (κ1) is 16.0. The Kier molecular flexibility index (Phi) is 4.79. The largest absolute Gasteiger partial charge is 0.480 e. The number of aromatic nitrogens is 2. The highest BCUT2D eigenvalue weighted by molar-refractivity contribution is 5.81. The number of hydrogen-bond acceptors (Lipinski definition) is 5. The molecule has 1 amide bonds. The highest BCUT2D eigenvalue weighted by Gasteiger charge is 2.25. The summed E-state index contributed by atoms with van der Waals surface area (Å²) in [5.74, 6) is 1.05. The maximum absolute atomic E-state index is 12.2. The number of benzene rings is 1. The summed E-state index contributed by atoms with van der Waals surface area (Å²) in [6.45, 7) is 2.62. The second-order valence-electron chi connectivity index (χ2n) is 5.71. The lowest BCUT2D eigenvalue weighted by atomic mass is 10.0. The van der Waals surface area contributed by atoms with Crippen LogP contribution in [0.5, 0.6) is 5.75 Å². The van der Waals surface area contributed by atoms with Crippen molar-refractivity contribution in [3.05, 3.63) is 51.9 Å². The zero-order valence-corrected chi connectivity index (χ0v) is 13.5. The van der Waals surface area contributed by atoms with E-state index in [9.17, 15) is 9.59 Å². The number of nitrogens with one attached hydrogen (secondary N) is 3. The van der Waals surface area contributed by atoms with Crippen molar-refractivity contribution in [2.75, 3.05) is 18.4 Å². The van der Waals surface area contributed by atoms with E-state index in [1.54, 1.807) is 6.92 Å². The summed E-state index contributed by atoms with van der Waals surface area (Å²) in [5, 5.41) is 5.81. The lowest BCUT2D eigenvalue weighted by Gasteiger charge is -2.25. The van der Waals surface area contributed by atoms with Crippen LogP contribution >= 0.6 is 0 Å². The number of amides is 1. The van der Waals surface area contributed by atoms with E-state index in [0.717, 1.165) is 17.7 Å². The van der Waals surface area contributed by atoms with Crippen LogP contribution in [0.3, 0.4) is 0 Å². The Hall–Kier alpha value is -2.83. The highest BCUT2D eigenvalue weighted by Crippen LogP contribution is 2.26. The molecule has 2 heterocycles. The molecule has 3 N–H and O–H groups in total. The third-order valence-corrected chi connectivity index (χ3v) is 3.80. The van der Waals surface area contributed by atoms with Crippen LogP contribution < -0.4 is 20.9 Å². The van der Waals surface area contributed by atoms with Gasteiger partial charge < -0.3 is 15.4 Å². The SMILES string of the molecule is Cc1cc(=O)[nH]c(NCCNC(=O)[C@@H]2CCc3ccccc3O2)n1. The van der Waals surface area contributed by atoms with Crippen molar-refractivity contribution in [1.82, 2.24) is 15.3 Å². The fraction of sp³-hybridized carbons (Fsp3) is 0.353. The molecule has 0 aliphatic carbocycles. The Morgan fingerprint density at radius 2 is 2.21 bits per heavy atom. The van der Waals surface area contributed by atoms with Gasteiger partial charge in [0.25, 0.3) is 11.5 Å². The fourth-order valence-corrected chi connectivity index (χ4v) is 2.65. The number of ether oxygens (including phenoxy) is 1. The first-order chi connectivity index (χ1) is 11.6. The second-order valence-corrected chi connectivity index (χ2v) is 5.71. The number of aromatic amines is 1. The van der Waals surface area contributed by atoms with Crippen LogP contribution in [0.2, 0.25) is 0 Å². The lowest BCUT2D eigenvalue weighted by molar-refractivity contribution is -0.128. The number of anilines is 1. The molecular formula is C17H20N4O3. The van der Waals surface area contributed by atoms with Crippen molar-refractivity contribution >= 4 is 11.9 Å². The van der Waals surface area contributed by atoms with Gasteiger partial charge in [-0.3, -0.25) is 14.6 Å². The molecule has 0 unspecified atom stereocenters. The van der Waals surface area contributed by atoms with E-state index in [2.05, 4.69) is 20.6 Å². The van der Waals surface area contributed by atoms with E-state index in [0.29, 0.717) is 31.2 Å². The highest BCUT2D eigenvalue weighted by atomic mass is 16.5. The van der Waals surface area contributed by atoms with Gasteiger partial charge in [0.1, 0.15) is 5.75 Å². The van der Waals surface area contributed by atoms with E-state index in [1.165, 1.54) is 6.07 Å². The molecule has 0 saturated heterocycles. The summed E-state index contributed by atoms with van der Waals surface area (Å²) < 4.78 is 5.75. The fourth-order valence-electron chi connectivity index (χ4n) is 2.65. The molecule has 0 spiro atoms. The number of aryl methyl sites for hydroxylation is 2. The zero-order chi connectivity index (χ0) is 16.9. The van der Waals surface area contributed by atoms with Gasteiger partial charge in [0.05, 0.1) is 0 Å². The Bertz CT molecular complexity index is 787. The van der Waals surface area contributed by atoms with Gasteiger partial charge >= 0.3 is 0 Å². The van der Waals surface area contributed by atoms with Crippen LogP contribution in [0, 0.1) is 6.92 Å². The van der Waals surface area contributed by atoms with Crippen molar-refractivity contribution in [2.45, 2.75) is 25.9 Å². The van der Waals surface area contributed by atoms with E-state index in [-0.39, 0.29) is 11.5 Å². The Morgan fingerprint density at radius 1 is 1.38 bits per heavy atom. The monoisotopic (exact) mass is 328 g/mol. The van der Waals surface area contributed by atoms with Gasteiger partial charge in [-0.15, -0.1) is 0 Å². The molecule has 0 bridgehead atoms. The first-order valence-corrected chi connectivity index (χ1v) is 7.96. The summed E-state index contributed by atoms with van der Waals surface area (Å²) in [4.78, 5) is 30.3. The number of rotatable bonds is 5. The predicted molar refractivity (Wildman–Crippen MR) is 90.3 cm³/mol. The first-order valence-electron chi connectivity index (χ1n) is 7.96. The van der Waals surface area contributed by atoms with Crippen molar-refractivity contribution in [1.29, 1.82) is 0 Å². The topological polar surface area (TPSA) is 96.1 Å².